The number of nitrogens with one attached hydrogen (secondary N) is 1. The van der Waals surface area contributed by atoms with E-state index in [4.69, 9.17) is 4.74 Å². The molecule has 1 rings (SSSR count). The molecule has 0 atom stereocenters. The van der Waals surface area contributed by atoms with Gasteiger partial charge < -0.3 is 10.1 Å². The highest BCUT2D eigenvalue weighted by Crippen LogP contribution is 2.22. The van der Waals surface area contributed by atoms with Crippen LogP contribution in [0, 0.1) is 0 Å². The van der Waals surface area contributed by atoms with Crippen LogP contribution >= 0.6 is 28.3 Å². The van der Waals surface area contributed by atoms with Crippen molar-refractivity contribution in [3.8, 4) is 5.75 Å². The summed E-state index contributed by atoms with van der Waals surface area (Å²) in [5, 5.41) is 3.27. The van der Waals surface area contributed by atoms with Crippen molar-refractivity contribution in [3.63, 3.8) is 0 Å². The van der Waals surface area contributed by atoms with Crippen molar-refractivity contribution in [2.24, 2.45) is 0 Å². The summed E-state index contributed by atoms with van der Waals surface area (Å²) in [6.07, 6.45) is 0. The molecular formula is C10H15BrClNO. The van der Waals surface area contributed by atoms with Crippen molar-refractivity contribution in [2.75, 3.05) is 13.7 Å². The Kier molecular flexibility index (Phi) is 6.97. The Bertz CT molecular complexity index is 281. The number of hydrogen-bond acceptors (Lipinski definition) is 2. The van der Waals surface area contributed by atoms with Crippen LogP contribution < -0.4 is 10.1 Å². The van der Waals surface area contributed by atoms with E-state index in [1.54, 1.807) is 7.11 Å². The van der Waals surface area contributed by atoms with Crippen LogP contribution in [0.2, 0.25) is 0 Å². The SMILES string of the molecule is CCNCc1cc(Br)ccc1OC.Cl. The fourth-order valence-corrected chi connectivity index (χ4v) is 1.55. The Labute approximate surface area is 99.6 Å². The summed E-state index contributed by atoms with van der Waals surface area (Å²) in [6.45, 7) is 3.90. The van der Waals surface area contributed by atoms with E-state index in [-0.39, 0.29) is 12.4 Å². The Morgan fingerprint density at radius 1 is 1.43 bits per heavy atom. The lowest BCUT2D eigenvalue weighted by atomic mass is 10.2. The predicted octanol–water partition coefficient (Wildman–Crippen LogP) is 2.99. The molecule has 0 unspecified atom stereocenters. The van der Waals surface area contributed by atoms with Crippen LogP contribution in [-0.2, 0) is 6.54 Å². The minimum Gasteiger partial charge on any atom is -0.496 e. The molecule has 0 aliphatic heterocycles. The third-order valence-corrected chi connectivity index (χ3v) is 2.30. The minimum atomic E-state index is 0. The Hall–Kier alpha value is -0.250. The summed E-state index contributed by atoms with van der Waals surface area (Å²) in [4.78, 5) is 0. The van der Waals surface area contributed by atoms with Gasteiger partial charge in [-0.05, 0) is 24.7 Å². The number of benzene rings is 1. The van der Waals surface area contributed by atoms with E-state index in [0.29, 0.717) is 0 Å². The zero-order valence-corrected chi connectivity index (χ0v) is 10.7. The number of ether oxygens (including phenoxy) is 1. The molecule has 1 aromatic rings. The van der Waals surface area contributed by atoms with Gasteiger partial charge in [0.05, 0.1) is 7.11 Å². The number of methoxy groups -OCH3 is 1. The topological polar surface area (TPSA) is 21.3 Å². The van der Waals surface area contributed by atoms with Crippen LogP contribution in [0.1, 0.15) is 12.5 Å². The number of halogens is 2. The van der Waals surface area contributed by atoms with Crippen molar-refractivity contribution >= 4 is 28.3 Å². The molecule has 0 heterocycles. The molecule has 0 aromatic heterocycles. The van der Waals surface area contributed by atoms with E-state index >= 15 is 0 Å². The maximum atomic E-state index is 5.24. The molecule has 0 bridgehead atoms. The second-order valence-corrected chi connectivity index (χ2v) is 3.65. The molecule has 0 amide bonds. The lowest BCUT2D eigenvalue weighted by Crippen LogP contribution is -2.12. The third-order valence-electron chi connectivity index (χ3n) is 1.81. The first-order valence-corrected chi connectivity index (χ1v) is 5.10. The van der Waals surface area contributed by atoms with Gasteiger partial charge in [0.1, 0.15) is 5.75 Å². The second kappa shape index (κ2) is 7.10. The normalized spacial score (nSPS) is 9.36. The van der Waals surface area contributed by atoms with Gasteiger partial charge in [-0.2, -0.15) is 0 Å². The van der Waals surface area contributed by atoms with Crippen LogP contribution in [0.25, 0.3) is 0 Å². The molecule has 0 saturated heterocycles. The average Bonchev–Trinajstić information content (AvgIpc) is 2.15. The van der Waals surface area contributed by atoms with E-state index in [9.17, 15) is 0 Å². The van der Waals surface area contributed by atoms with Crippen LogP contribution in [-0.4, -0.2) is 13.7 Å². The fourth-order valence-electron chi connectivity index (χ4n) is 1.14. The fraction of sp³-hybridized carbons (Fsp3) is 0.400. The standard InChI is InChI=1S/C10H14BrNO.ClH/c1-3-12-7-8-6-9(11)4-5-10(8)13-2;/h4-6,12H,3,7H2,1-2H3;1H. The van der Waals surface area contributed by atoms with E-state index < -0.39 is 0 Å². The zero-order chi connectivity index (χ0) is 9.68. The number of rotatable bonds is 4. The second-order valence-electron chi connectivity index (χ2n) is 2.74. The molecule has 0 fully saturated rings. The van der Waals surface area contributed by atoms with Gasteiger partial charge in [-0.3, -0.25) is 0 Å². The molecule has 0 aliphatic rings. The highest BCUT2D eigenvalue weighted by Gasteiger charge is 2.01. The smallest absolute Gasteiger partial charge is 0.123 e. The molecule has 0 spiro atoms. The lowest BCUT2D eigenvalue weighted by Gasteiger charge is -2.08. The molecule has 1 aromatic carbocycles. The predicted molar refractivity (Wildman–Crippen MR) is 65.3 cm³/mol. The van der Waals surface area contributed by atoms with Gasteiger partial charge in [-0.25, -0.2) is 0 Å². The maximum Gasteiger partial charge on any atom is 0.123 e. The Morgan fingerprint density at radius 2 is 2.14 bits per heavy atom. The first kappa shape index (κ1) is 13.8. The zero-order valence-electron chi connectivity index (χ0n) is 8.34. The van der Waals surface area contributed by atoms with Crippen molar-refractivity contribution in [2.45, 2.75) is 13.5 Å². The summed E-state index contributed by atoms with van der Waals surface area (Å²) < 4.78 is 6.32. The third kappa shape index (κ3) is 3.86. The monoisotopic (exact) mass is 279 g/mol. The van der Waals surface area contributed by atoms with Crippen LogP contribution in [0.15, 0.2) is 22.7 Å². The van der Waals surface area contributed by atoms with Crippen molar-refractivity contribution in [1.29, 1.82) is 0 Å². The average molecular weight is 281 g/mol. The molecule has 14 heavy (non-hydrogen) atoms. The summed E-state index contributed by atoms with van der Waals surface area (Å²) in [7, 11) is 1.69. The van der Waals surface area contributed by atoms with Gasteiger partial charge in [0, 0.05) is 16.6 Å². The summed E-state index contributed by atoms with van der Waals surface area (Å²) in [6, 6.07) is 6.02. The van der Waals surface area contributed by atoms with Crippen LogP contribution in [0.4, 0.5) is 0 Å². The molecule has 2 nitrogen and oxygen atoms in total. The first-order valence-electron chi connectivity index (χ1n) is 4.31. The highest BCUT2D eigenvalue weighted by molar-refractivity contribution is 9.10. The summed E-state index contributed by atoms with van der Waals surface area (Å²) in [5.74, 6) is 0.934. The molecule has 80 valence electrons. The van der Waals surface area contributed by atoms with E-state index in [1.807, 2.05) is 12.1 Å². The van der Waals surface area contributed by atoms with Gasteiger partial charge >= 0.3 is 0 Å². The summed E-state index contributed by atoms with van der Waals surface area (Å²) in [5.41, 5.74) is 1.18. The molecule has 0 radical (unpaired) electrons. The highest BCUT2D eigenvalue weighted by atomic mass is 79.9. The largest absolute Gasteiger partial charge is 0.496 e. The molecule has 0 saturated carbocycles. The van der Waals surface area contributed by atoms with Gasteiger partial charge in [0.25, 0.3) is 0 Å². The van der Waals surface area contributed by atoms with Gasteiger partial charge in [0.15, 0.2) is 0 Å². The quantitative estimate of drug-likeness (QED) is 0.915. The minimum absolute atomic E-state index is 0. The van der Waals surface area contributed by atoms with Crippen molar-refractivity contribution < 1.29 is 4.74 Å². The van der Waals surface area contributed by atoms with Gasteiger partial charge in [-0.1, -0.05) is 22.9 Å². The molecule has 1 N–H and O–H groups in total. The summed E-state index contributed by atoms with van der Waals surface area (Å²) >= 11 is 3.43. The van der Waals surface area contributed by atoms with Crippen LogP contribution in [0.3, 0.4) is 0 Å². The Balaban J connectivity index is 0.00000169. The van der Waals surface area contributed by atoms with Gasteiger partial charge in [-0.15, -0.1) is 12.4 Å². The molecule has 0 aliphatic carbocycles. The Morgan fingerprint density at radius 3 is 2.71 bits per heavy atom. The van der Waals surface area contributed by atoms with Crippen molar-refractivity contribution in [3.05, 3.63) is 28.2 Å². The number of hydrogen-bond donors (Lipinski definition) is 1. The first-order chi connectivity index (χ1) is 6.27. The van der Waals surface area contributed by atoms with Crippen LogP contribution in [0.5, 0.6) is 5.75 Å². The maximum absolute atomic E-state index is 5.24. The lowest BCUT2D eigenvalue weighted by molar-refractivity contribution is 0.408. The van der Waals surface area contributed by atoms with Crippen molar-refractivity contribution in [1.82, 2.24) is 5.32 Å². The van der Waals surface area contributed by atoms with Gasteiger partial charge in [0.2, 0.25) is 0 Å². The van der Waals surface area contributed by atoms with E-state index in [1.165, 1.54) is 5.56 Å². The molecule has 4 heteroatoms. The molecular weight excluding hydrogens is 265 g/mol. The van der Waals surface area contributed by atoms with E-state index in [2.05, 4.69) is 34.2 Å². The van der Waals surface area contributed by atoms with E-state index in [0.717, 1.165) is 23.3 Å².